The van der Waals surface area contributed by atoms with Gasteiger partial charge in [-0.05, 0) is 26.3 Å². The second kappa shape index (κ2) is 6.00. The Morgan fingerprint density at radius 1 is 1.56 bits per heavy atom. The highest BCUT2D eigenvalue weighted by Crippen LogP contribution is 2.20. The molecule has 2 rings (SSSR count). The van der Waals surface area contributed by atoms with Crippen LogP contribution in [0.25, 0.3) is 0 Å². The van der Waals surface area contributed by atoms with Crippen molar-refractivity contribution in [2.75, 3.05) is 13.7 Å². The summed E-state index contributed by atoms with van der Waals surface area (Å²) in [6.45, 7) is 4.67. The van der Waals surface area contributed by atoms with E-state index in [1.54, 1.807) is 0 Å². The van der Waals surface area contributed by atoms with Gasteiger partial charge in [0.25, 0.3) is 0 Å². The summed E-state index contributed by atoms with van der Waals surface area (Å²) in [4.78, 5) is 18.3. The van der Waals surface area contributed by atoms with Gasteiger partial charge in [0.1, 0.15) is 11.9 Å². The van der Waals surface area contributed by atoms with Crippen molar-refractivity contribution in [2.24, 2.45) is 0 Å². The van der Waals surface area contributed by atoms with Gasteiger partial charge in [-0.15, -0.1) is 0 Å². The Bertz CT molecular complexity index is 403. The number of aromatic nitrogens is 2. The largest absolute Gasteiger partial charge is 0.468 e. The number of aryl methyl sites for hydroxylation is 1. The van der Waals surface area contributed by atoms with Crippen molar-refractivity contribution in [3.63, 3.8) is 0 Å². The molecule has 0 amide bonds. The maximum atomic E-state index is 11.8. The molecular weight excluding hydrogens is 230 g/mol. The van der Waals surface area contributed by atoms with E-state index in [0.717, 1.165) is 44.7 Å². The zero-order valence-electron chi connectivity index (χ0n) is 11.1. The number of hydrogen-bond acceptors (Lipinski definition) is 4. The molecule has 100 valence electrons. The van der Waals surface area contributed by atoms with E-state index in [-0.39, 0.29) is 12.0 Å². The molecule has 0 unspecified atom stereocenters. The molecule has 1 fully saturated rings. The Hall–Kier alpha value is -1.36. The van der Waals surface area contributed by atoms with Crippen molar-refractivity contribution in [2.45, 2.75) is 45.3 Å². The molecule has 1 aliphatic heterocycles. The van der Waals surface area contributed by atoms with E-state index in [9.17, 15) is 4.79 Å². The maximum absolute atomic E-state index is 11.8. The standard InChI is InChI=1S/C13H21N3O2/c1-3-15-9-7-14-12(15)10-16-8-5-4-6-11(16)13(17)18-2/h7,9,11H,3-6,8,10H2,1-2H3/t11-/m1/s1. The summed E-state index contributed by atoms with van der Waals surface area (Å²) in [6.07, 6.45) is 6.92. The van der Waals surface area contributed by atoms with Crippen LogP contribution in [0.15, 0.2) is 12.4 Å². The number of hydrogen-bond donors (Lipinski definition) is 0. The summed E-state index contributed by atoms with van der Waals surface area (Å²) in [5.41, 5.74) is 0. The maximum Gasteiger partial charge on any atom is 0.323 e. The summed E-state index contributed by atoms with van der Waals surface area (Å²) in [5, 5.41) is 0. The molecule has 1 saturated heterocycles. The molecule has 0 N–H and O–H groups in total. The Morgan fingerprint density at radius 3 is 3.11 bits per heavy atom. The molecule has 1 aliphatic rings. The van der Waals surface area contributed by atoms with Gasteiger partial charge in [0.15, 0.2) is 0 Å². The first-order chi connectivity index (χ1) is 8.76. The third kappa shape index (κ3) is 2.72. The van der Waals surface area contributed by atoms with Crippen molar-refractivity contribution >= 4 is 5.97 Å². The van der Waals surface area contributed by atoms with Crippen LogP contribution in [-0.2, 0) is 22.6 Å². The van der Waals surface area contributed by atoms with Crippen LogP contribution < -0.4 is 0 Å². The number of likely N-dealkylation sites (tertiary alicyclic amines) is 1. The molecule has 0 aliphatic carbocycles. The zero-order valence-corrected chi connectivity index (χ0v) is 11.1. The molecule has 1 atom stereocenters. The minimum absolute atomic E-state index is 0.106. The monoisotopic (exact) mass is 251 g/mol. The van der Waals surface area contributed by atoms with Crippen molar-refractivity contribution in [1.29, 1.82) is 0 Å². The third-order valence-electron chi connectivity index (χ3n) is 3.57. The molecule has 5 nitrogen and oxygen atoms in total. The fourth-order valence-corrected chi connectivity index (χ4v) is 2.54. The number of imidazole rings is 1. The lowest BCUT2D eigenvalue weighted by atomic mass is 10.0. The predicted molar refractivity (Wildman–Crippen MR) is 68.0 cm³/mol. The summed E-state index contributed by atoms with van der Waals surface area (Å²) in [7, 11) is 1.46. The second-order valence-electron chi connectivity index (χ2n) is 4.63. The lowest BCUT2D eigenvalue weighted by molar-refractivity contribution is -0.148. The van der Waals surface area contributed by atoms with E-state index in [1.807, 2.05) is 12.4 Å². The van der Waals surface area contributed by atoms with Gasteiger partial charge in [-0.25, -0.2) is 4.98 Å². The third-order valence-corrected chi connectivity index (χ3v) is 3.57. The quantitative estimate of drug-likeness (QED) is 0.760. The summed E-state index contributed by atoms with van der Waals surface area (Å²) < 4.78 is 7.00. The Labute approximate surface area is 108 Å². The molecule has 5 heteroatoms. The smallest absolute Gasteiger partial charge is 0.323 e. The van der Waals surface area contributed by atoms with E-state index in [4.69, 9.17) is 4.74 Å². The number of carbonyl (C=O) groups excluding carboxylic acids is 1. The van der Waals surface area contributed by atoms with Gasteiger partial charge < -0.3 is 9.30 Å². The van der Waals surface area contributed by atoms with Crippen molar-refractivity contribution in [3.05, 3.63) is 18.2 Å². The Kier molecular flexibility index (Phi) is 4.36. The van der Waals surface area contributed by atoms with E-state index >= 15 is 0 Å². The van der Waals surface area contributed by atoms with Crippen molar-refractivity contribution < 1.29 is 9.53 Å². The summed E-state index contributed by atoms with van der Waals surface area (Å²) >= 11 is 0. The van der Waals surface area contributed by atoms with Gasteiger partial charge in [-0.2, -0.15) is 0 Å². The van der Waals surface area contributed by atoms with Crippen LogP contribution in [0.3, 0.4) is 0 Å². The summed E-state index contributed by atoms with van der Waals surface area (Å²) in [5.74, 6) is 0.901. The van der Waals surface area contributed by atoms with Gasteiger partial charge in [0.2, 0.25) is 0 Å². The first-order valence-electron chi connectivity index (χ1n) is 6.58. The van der Waals surface area contributed by atoms with Gasteiger partial charge in [0, 0.05) is 18.9 Å². The molecule has 0 bridgehead atoms. The number of carbonyl (C=O) groups is 1. The summed E-state index contributed by atoms with van der Waals surface area (Å²) in [6, 6.07) is -0.106. The normalized spacial score (nSPS) is 20.9. The number of nitrogens with zero attached hydrogens (tertiary/aromatic N) is 3. The number of ether oxygens (including phenoxy) is 1. The van der Waals surface area contributed by atoms with Crippen LogP contribution in [-0.4, -0.2) is 40.1 Å². The van der Waals surface area contributed by atoms with Crippen LogP contribution in [0.4, 0.5) is 0 Å². The number of methoxy groups -OCH3 is 1. The van der Waals surface area contributed by atoms with E-state index < -0.39 is 0 Å². The molecule has 0 aromatic carbocycles. The fourth-order valence-electron chi connectivity index (χ4n) is 2.54. The zero-order chi connectivity index (χ0) is 13.0. The lowest BCUT2D eigenvalue weighted by Crippen LogP contribution is -2.45. The van der Waals surface area contributed by atoms with E-state index in [1.165, 1.54) is 7.11 Å². The van der Waals surface area contributed by atoms with Gasteiger partial charge in [0.05, 0.1) is 13.7 Å². The van der Waals surface area contributed by atoms with Crippen LogP contribution in [0, 0.1) is 0 Å². The molecule has 0 spiro atoms. The van der Waals surface area contributed by atoms with Gasteiger partial charge >= 0.3 is 5.97 Å². The lowest BCUT2D eigenvalue weighted by Gasteiger charge is -2.33. The van der Waals surface area contributed by atoms with Crippen LogP contribution >= 0.6 is 0 Å². The molecule has 18 heavy (non-hydrogen) atoms. The highest BCUT2D eigenvalue weighted by Gasteiger charge is 2.30. The molecule has 1 aromatic rings. The second-order valence-corrected chi connectivity index (χ2v) is 4.63. The molecule has 0 radical (unpaired) electrons. The van der Waals surface area contributed by atoms with Crippen molar-refractivity contribution in [3.8, 4) is 0 Å². The van der Waals surface area contributed by atoms with Crippen LogP contribution in [0.5, 0.6) is 0 Å². The Balaban J connectivity index is 2.08. The van der Waals surface area contributed by atoms with Crippen molar-refractivity contribution in [1.82, 2.24) is 14.5 Å². The predicted octanol–water partition coefficient (Wildman–Crippen LogP) is 1.43. The molecule has 0 saturated carbocycles. The highest BCUT2D eigenvalue weighted by molar-refractivity contribution is 5.75. The minimum atomic E-state index is -0.121. The van der Waals surface area contributed by atoms with Crippen LogP contribution in [0.2, 0.25) is 0 Å². The first-order valence-corrected chi connectivity index (χ1v) is 6.58. The number of rotatable bonds is 4. The average Bonchev–Trinajstić information content (AvgIpc) is 2.86. The van der Waals surface area contributed by atoms with Gasteiger partial charge in [-0.3, -0.25) is 9.69 Å². The topological polar surface area (TPSA) is 47.4 Å². The SMILES string of the molecule is CCn1ccnc1CN1CCCC[C@@H]1C(=O)OC. The molecular formula is C13H21N3O2. The van der Waals surface area contributed by atoms with E-state index in [2.05, 4.69) is 21.4 Å². The highest BCUT2D eigenvalue weighted by atomic mass is 16.5. The fraction of sp³-hybridized carbons (Fsp3) is 0.692. The minimum Gasteiger partial charge on any atom is -0.468 e. The van der Waals surface area contributed by atoms with E-state index in [0.29, 0.717) is 0 Å². The number of esters is 1. The average molecular weight is 251 g/mol. The first kappa shape index (κ1) is 13.1. The van der Waals surface area contributed by atoms with Crippen LogP contribution in [0.1, 0.15) is 32.0 Å². The number of piperidine rings is 1. The molecule has 1 aromatic heterocycles. The molecule has 2 heterocycles. The Morgan fingerprint density at radius 2 is 2.39 bits per heavy atom. The van der Waals surface area contributed by atoms with Gasteiger partial charge in [-0.1, -0.05) is 6.42 Å².